The van der Waals surface area contributed by atoms with Crippen LogP contribution >= 0.6 is 8.25 Å². The summed E-state index contributed by atoms with van der Waals surface area (Å²) in [6, 6.07) is 0. The van der Waals surface area contributed by atoms with Crippen molar-refractivity contribution in [2.24, 2.45) is 0 Å². The molecule has 1 aliphatic rings. The zero-order valence-electron chi connectivity index (χ0n) is 10.1. The first-order chi connectivity index (χ1) is 7.87. The van der Waals surface area contributed by atoms with Crippen LogP contribution < -0.4 is 5.32 Å². The minimum atomic E-state index is -2.04. The molecule has 99 valence electrons. The molecule has 1 N–H and O–H groups in total. The van der Waals surface area contributed by atoms with Gasteiger partial charge in [-0.1, -0.05) is 0 Å². The summed E-state index contributed by atoms with van der Waals surface area (Å²) in [7, 11) is -2.04. The van der Waals surface area contributed by atoms with E-state index in [9.17, 15) is 9.36 Å². The number of rotatable bonds is 4. The molecular formula is C9H17NO6P. The quantitative estimate of drug-likeness (QED) is 0.614. The van der Waals surface area contributed by atoms with Gasteiger partial charge in [0.05, 0.1) is 6.61 Å². The van der Waals surface area contributed by atoms with E-state index in [-0.39, 0.29) is 19.8 Å². The van der Waals surface area contributed by atoms with Gasteiger partial charge < -0.3 is 14.8 Å². The highest BCUT2D eigenvalue weighted by molar-refractivity contribution is 7.33. The zero-order chi connectivity index (χ0) is 12.9. The molecule has 1 radical (unpaired) electrons. The second-order valence-electron chi connectivity index (χ2n) is 4.35. The highest BCUT2D eigenvalue weighted by Crippen LogP contribution is 2.33. The number of hydrogen-bond acceptors (Lipinski definition) is 6. The van der Waals surface area contributed by atoms with Crippen LogP contribution in [-0.2, 0) is 23.1 Å². The minimum absolute atomic E-state index is 0.141. The lowest BCUT2D eigenvalue weighted by molar-refractivity contribution is -0.0645. The van der Waals surface area contributed by atoms with Crippen LogP contribution in [0.15, 0.2) is 0 Å². The molecule has 1 fully saturated rings. The predicted octanol–water partition coefficient (Wildman–Crippen LogP) is 1.56. The van der Waals surface area contributed by atoms with Gasteiger partial charge in [-0.3, -0.25) is 4.52 Å². The Balaban J connectivity index is 2.04. The Morgan fingerprint density at radius 2 is 2.24 bits per heavy atom. The van der Waals surface area contributed by atoms with Gasteiger partial charge in [0.25, 0.3) is 0 Å². The van der Waals surface area contributed by atoms with Crippen LogP contribution in [0.2, 0.25) is 0 Å². The van der Waals surface area contributed by atoms with Crippen molar-refractivity contribution in [3.63, 3.8) is 0 Å². The van der Waals surface area contributed by atoms with E-state index < -0.39 is 26.2 Å². The topological polar surface area (TPSA) is 83.1 Å². The van der Waals surface area contributed by atoms with Crippen LogP contribution in [0.3, 0.4) is 0 Å². The number of carbonyl (C=O) groups excluding carboxylic acids is 1. The van der Waals surface area contributed by atoms with E-state index in [1.807, 2.05) is 0 Å². The van der Waals surface area contributed by atoms with Gasteiger partial charge in [-0.2, -0.15) is 0 Å². The maximum atomic E-state index is 11.2. The molecule has 1 saturated heterocycles. The van der Waals surface area contributed by atoms with Gasteiger partial charge in [0.2, 0.25) is 0 Å². The molecule has 17 heavy (non-hydrogen) atoms. The van der Waals surface area contributed by atoms with Gasteiger partial charge in [0.15, 0.2) is 6.29 Å². The lowest BCUT2D eigenvalue weighted by Gasteiger charge is -2.19. The van der Waals surface area contributed by atoms with Crippen LogP contribution in [0.1, 0.15) is 20.8 Å². The average Bonchev–Trinajstić information content (AvgIpc) is 2.56. The van der Waals surface area contributed by atoms with Gasteiger partial charge >= 0.3 is 14.3 Å². The summed E-state index contributed by atoms with van der Waals surface area (Å²) in [4.78, 5) is 11.2. The Morgan fingerprint density at radius 3 is 2.76 bits per heavy atom. The van der Waals surface area contributed by atoms with Crippen LogP contribution in [-0.4, -0.2) is 37.7 Å². The second kappa shape index (κ2) is 6.26. The molecule has 2 unspecified atom stereocenters. The first-order valence-electron chi connectivity index (χ1n) is 5.22. The van der Waals surface area contributed by atoms with E-state index in [1.165, 1.54) is 0 Å². The number of alkyl carbamates (subject to hydrolysis) is 1. The van der Waals surface area contributed by atoms with Crippen molar-refractivity contribution in [3.8, 4) is 0 Å². The van der Waals surface area contributed by atoms with Crippen molar-refractivity contribution in [1.29, 1.82) is 0 Å². The summed E-state index contributed by atoms with van der Waals surface area (Å²) < 4.78 is 30.3. The van der Waals surface area contributed by atoms with Gasteiger partial charge in [0.1, 0.15) is 12.2 Å². The SMILES string of the molecule is CC(C)(C)OC(=O)NCCOC1CO[P](=O)O1. The fraction of sp³-hybridized carbons (Fsp3) is 0.889. The standard InChI is InChI=1S/C9H17NO6P/c1-9(2,3)15-8(11)10-4-5-13-7-6-14-17(12)16-7/h7H,4-6H2,1-3H3,(H,10,11). The molecule has 0 bridgehead atoms. The molecule has 1 aliphatic heterocycles. The summed E-state index contributed by atoms with van der Waals surface area (Å²) in [6.45, 7) is 6.00. The number of hydrogen-bond donors (Lipinski definition) is 1. The van der Waals surface area contributed by atoms with E-state index in [4.69, 9.17) is 14.0 Å². The van der Waals surface area contributed by atoms with Gasteiger partial charge in [0, 0.05) is 6.54 Å². The second-order valence-corrected chi connectivity index (χ2v) is 5.27. The number of ether oxygens (including phenoxy) is 2. The highest BCUT2D eigenvalue weighted by Gasteiger charge is 2.24. The van der Waals surface area contributed by atoms with Gasteiger partial charge in [-0.25, -0.2) is 13.9 Å². The maximum Gasteiger partial charge on any atom is 0.407 e. The fourth-order valence-electron chi connectivity index (χ4n) is 1.01. The Hall–Kier alpha value is -0.750. The molecule has 2 atom stereocenters. The minimum Gasteiger partial charge on any atom is -0.444 e. The molecule has 1 rings (SSSR count). The molecule has 0 spiro atoms. The van der Waals surface area contributed by atoms with Gasteiger partial charge in [-0.15, -0.1) is 0 Å². The molecule has 1 heterocycles. The summed E-state index contributed by atoms with van der Waals surface area (Å²) in [5, 5.41) is 2.52. The number of nitrogens with one attached hydrogen (secondary N) is 1. The third-order valence-electron chi connectivity index (χ3n) is 1.59. The first kappa shape index (κ1) is 14.3. The molecular weight excluding hydrogens is 249 g/mol. The monoisotopic (exact) mass is 266 g/mol. The summed E-state index contributed by atoms with van der Waals surface area (Å²) >= 11 is 0. The molecule has 1 amide bonds. The van der Waals surface area contributed by atoms with Crippen molar-refractivity contribution in [1.82, 2.24) is 5.32 Å². The average molecular weight is 266 g/mol. The van der Waals surface area contributed by atoms with E-state index in [0.29, 0.717) is 0 Å². The van der Waals surface area contributed by atoms with Crippen molar-refractivity contribution in [2.45, 2.75) is 32.7 Å². The Morgan fingerprint density at radius 1 is 1.53 bits per heavy atom. The van der Waals surface area contributed by atoms with Crippen molar-refractivity contribution in [2.75, 3.05) is 19.8 Å². The van der Waals surface area contributed by atoms with E-state index in [0.717, 1.165) is 0 Å². The van der Waals surface area contributed by atoms with E-state index in [1.54, 1.807) is 20.8 Å². The Labute approximate surface area is 101 Å². The number of amides is 1. The molecule has 0 saturated carbocycles. The molecule has 8 heteroatoms. The van der Waals surface area contributed by atoms with Crippen LogP contribution in [0.25, 0.3) is 0 Å². The molecule has 0 aliphatic carbocycles. The molecule has 0 aromatic rings. The summed E-state index contributed by atoms with van der Waals surface area (Å²) in [5.74, 6) is 0. The van der Waals surface area contributed by atoms with Crippen LogP contribution in [0, 0.1) is 0 Å². The third kappa shape index (κ3) is 6.53. The van der Waals surface area contributed by atoms with Crippen molar-refractivity contribution < 1.29 is 27.9 Å². The largest absolute Gasteiger partial charge is 0.444 e. The van der Waals surface area contributed by atoms with E-state index >= 15 is 0 Å². The molecule has 0 aromatic carbocycles. The highest BCUT2D eigenvalue weighted by atomic mass is 31.1. The van der Waals surface area contributed by atoms with Crippen LogP contribution in [0.5, 0.6) is 0 Å². The zero-order valence-corrected chi connectivity index (χ0v) is 11.0. The maximum absolute atomic E-state index is 11.2. The first-order valence-corrected chi connectivity index (χ1v) is 6.32. The smallest absolute Gasteiger partial charge is 0.407 e. The van der Waals surface area contributed by atoms with E-state index in [2.05, 4.69) is 9.84 Å². The fourth-order valence-corrected chi connectivity index (χ4v) is 1.63. The third-order valence-corrected chi connectivity index (χ3v) is 2.36. The van der Waals surface area contributed by atoms with Crippen molar-refractivity contribution in [3.05, 3.63) is 0 Å². The lowest BCUT2D eigenvalue weighted by Crippen LogP contribution is -2.34. The molecule has 0 aromatic heterocycles. The normalized spacial score (nSPS) is 22.5. The number of carbonyl (C=O) groups is 1. The Bertz CT molecular complexity index is 290. The molecule has 7 nitrogen and oxygen atoms in total. The summed E-state index contributed by atoms with van der Waals surface area (Å²) in [5.41, 5.74) is -0.522. The van der Waals surface area contributed by atoms with Crippen molar-refractivity contribution >= 4 is 14.3 Å². The lowest BCUT2D eigenvalue weighted by atomic mass is 10.2. The summed E-state index contributed by atoms with van der Waals surface area (Å²) in [6.07, 6.45) is -1.13. The van der Waals surface area contributed by atoms with Gasteiger partial charge in [-0.05, 0) is 20.8 Å². The predicted molar refractivity (Wildman–Crippen MR) is 58.6 cm³/mol. The Kier molecular flexibility index (Phi) is 5.27. The van der Waals surface area contributed by atoms with Crippen LogP contribution in [0.4, 0.5) is 4.79 Å².